The predicted octanol–water partition coefficient (Wildman–Crippen LogP) is 2.72. The average molecular weight is 250 g/mol. The Balaban J connectivity index is 3.64. The molecule has 0 amide bonds. The zero-order chi connectivity index (χ0) is 13.2. The highest BCUT2D eigenvalue weighted by Gasteiger charge is 2.38. The molecule has 8 heteroatoms. The van der Waals surface area contributed by atoms with Crippen molar-refractivity contribution in [1.29, 1.82) is 5.26 Å². The van der Waals surface area contributed by atoms with E-state index in [1.807, 2.05) is 0 Å². The van der Waals surface area contributed by atoms with Crippen LogP contribution in [0.5, 0.6) is 0 Å². The number of carbonyl (C=O) groups is 1. The standard InChI is InChI=1S/C9H3F5N2O/c10-8(11)5-1-4(2-15)16-7(6(5)3-17)9(12,13)14/h1,3,8H. The Hall–Kier alpha value is -2.04. The summed E-state index contributed by atoms with van der Waals surface area (Å²) < 4.78 is 62.1. The molecule has 1 aromatic rings. The number of pyridine rings is 1. The number of alkyl halides is 5. The number of halogens is 5. The van der Waals surface area contributed by atoms with Gasteiger partial charge in [-0.3, -0.25) is 4.79 Å². The summed E-state index contributed by atoms with van der Waals surface area (Å²) in [7, 11) is 0. The van der Waals surface area contributed by atoms with Gasteiger partial charge in [-0.1, -0.05) is 0 Å². The fraction of sp³-hybridized carbons (Fsp3) is 0.222. The first kappa shape index (κ1) is 13.0. The van der Waals surface area contributed by atoms with Gasteiger partial charge < -0.3 is 0 Å². The summed E-state index contributed by atoms with van der Waals surface area (Å²) in [5.41, 5.74) is -4.99. The summed E-state index contributed by atoms with van der Waals surface area (Å²) in [6, 6.07) is 1.69. The Morgan fingerprint density at radius 2 is 2.00 bits per heavy atom. The number of hydrogen-bond acceptors (Lipinski definition) is 3. The molecule has 1 rings (SSSR count). The van der Waals surface area contributed by atoms with Gasteiger partial charge in [0.25, 0.3) is 6.43 Å². The zero-order valence-corrected chi connectivity index (χ0v) is 7.92. The molecule has 0 N–H and O–H groups in total. The van der Waals surface area contributed by atoms with Crippen molar-refractivity contribution < 1.29 is 26.7 Å². The van der Waals surface area contributed by atoms with Gasteiger partial charge in [-0.15, -0.1) is 0 Å². The van der Waals surface area contributed by atoms with E-state index < -0.39 is 35.1 Å². The highest BCUT2D eigenvalue weighted by atomic mass is 19.4. The molecule has 0 bridgehead atoms. The highest BCUT2D eigenvalue weighted by Crippen LogP contribution is 2.34. The van der Waals surface area contributed by atoms with Gasteiger partial charge in [0.05, 0.1) is 5.56 Å². The third-order valence-electron chi connectivity index (χ3n) is 1.83. The molecule has 0 saturated carbocycles. The SMILES string of the molecule is N#Cc1cc(C(F)F)c(C=O)c(C(F)(F)F)n1. The Morgan fingerprint density at radius 3 is 2.35 bits per heavy atom. The van der Waals surface area contributed by atoms with Crippen molar-refractivity contribution in [2.24, 2.45) is 0 Å². The molecule has 1 aromatic heterocycles. The van der Waals surface area contributed by atoms with Crippen molar-refractivity contribution in [3.63, 3.8) is 0 Å². The van der Waals surface area contributed by atoms with Gasteiger partial charge in [-0.05, 0) is 6.07 Å². The molecule has 0 atom stereocenters. The third kappa shape index (κ3) is 2.55. The smallest absolute Gasteiger partial charge is 0.298 e. The first-order valence-corrected chi connectivity index (χ1v) is 4.06. The van der Waals surface area contributed by atoms with Crippen LogP contribution in [0.15, 0.2) is 6.07 Å². The van der Waals surface area contributed by atoms with E-state index in [-0.39, 0.29) is 6.29 Å². The van der Waals surface area contributed by atoms with Crippen LogP contribution in [0.1, 0.15) is 33.7 Å². The number of carbonyl (C=O) groups excluding carboxylic acids is 1. The molecule has 0 aliphatic rings. The van der Waals surface area contributed by atoms with Crippen LogP contribution < -0.4 is 0 Å². The molecule has 0 unspecified atom stereocenters. The van der Waals surface area contributed by atoms with Gasteiger partial charge in [0.2, 0.25) is 0 Å². The van der Waals surface area contributed by atoms with Gasteiger partial charge in [0, 0.05) is 5.56 Å². The number of hydrogen-bond donors (Lipinski definition) is 0. The fourth-order valence-electron chi connectivity index (χ4n) is 1.15. The number of aldehydes is 1. The van der Waals surface area contributed by atoms with Crippen molar-refractivity contribution in [2.45, 2.75) is 12.6 Å². The van der Waals surface area contributed by atoms with E-state index in [0.29, 0.717) is 6.07 Å². The lowest BCUT2D eigenvalue weighted by molar-refractivity contribution is -0.141. The minimum Gasteiger partial charge on any atom is -0.298 e. The van der Waals surface area contributed by atoms with E-state index in [9.17, 15) is 26.7 Å². The summed E-state index contributed by atoms with van der Waals surface area (Å²) >= 11 is 0. The van der Waals surface area contributed by atoms with Gasteiger partial charge in [0.1, 0.15) is 11.8 Å². The Bertz CT molecular complexity index is 489. The molecular formula is C9H3F5N2O. The van der Waals surface area contributed by atoms with Gasteiger partial charge in [0.15, 0.2) is 12.0 Å². The number of nitriles is 1. The molecule has 0 fully saturated rings. The van der Waals surface area contributed by atoms with Crippen molar-refractivity contribution in [3.8, 4) is 6.07 Å². The van der Waals surface area contributed by atoms with E-state index in [0.717, 1.165) is 0 Å². The fourth-order valence-corrected chi connectivity index (χ4v) is 1.15. The molecule has 1 heterocycles. The lowest BCUT2D eigenvalue weighted by Gasteiger charge is -2.12. The average Bonchev–Trinajstić information content (AvgIpc) is 2.25. The van der Waals surface area contributed by atoms with Gasteiger partial charge >= 0.3 is 6.18 Å². The molecule has 0 aromatic carbocycles. The van der Waals surface area contributed by atoms with Crippen molar-refractivity contribution in [1.82, 2.24) is 4.98 Å². The minimum atomic E-state index is -5.08. The van der Waals surface area contributed by atoms with Crippen molar-refractivity contribution in [2.75, 3.05) is 0 Å². The molecule has 0 aliphatic heterocycles. The van der Waals surface area contributed by atoms with E-state index in [1.165, 1.54) is 6.07 Å². The second kappa shape index (κ2) is 4.45. The largest absolute Gasteiger partial charge is 0.434 e. The number of nitrogens with zero attached hydrogens (tertiary/aromatic N) is 2. The maximum absolute atomic E-state index is 12.4. The predicted molar refractivity (Wildman–Crippen MR) is 44.3 cm³/mol. The third-order valence-corrected chi connectivity index (χ3v) is 1.83. The summed E-state index contributed by atoms with van der Waals surface area (Å²) in [4.78, 5) is 13.3. The Labute approximate surface area is 91.5 Å². The summed E-state index contributed by atoms with van der Waals surface area (Å²) in [5, 5.41) is 8.38. The quantitative estimate of drug-likeness (QED) is 0.599. The molecule has 90 valence electrons. The van der Waals surface area contributed by atoms with E-state index in [2.05, 4.69) is 4.98 Å². The van der Waals surface area contributed by atoms with E-state index >= 15 is 0 Å². The zero-order valence-electron chi connectivity index (χ0n) is 7.92. The van der Waals surface area contributed by atoms with Crippen molar-refractivity contribution >= 4 is 6.29 Å². The number of rotatable bonds is 2. The van der Waals surface area contributed by atoms with E-state index in [4.69, 9.17) is 5.26 Å². The Kier molecular flexibility index (Phi) is 3.41. The molecule has 0 saturated heterocycles. The lowest BCUT2D eigenvalue weighted by atomic mass is 10.1. The monoisotopic (exact) mass is 250 g/mol. The van der Waals surface area contributed by atoms with Crippen LogP contribution in [0.2, 0.25) is 0 Å². The number of aromatic nitrogens is 1. The molecule has 0 radical (unpaired) electrons. The minimum absolute atomic E-state index is 0.349. The summed E-state index contributed by atoms with van der Waals surface area (Å²) in [6.07, 6.45) is -8.73. The second-order valence-electron chi connectivity index (χ2n) is 2.89. The normalized spacial score (nSPS) is 11.4. The maximum Gasteiger partial charge on any atom is 0.434 e. The van der Waals surface area contributed by atoms with Gasteiger partial charge in [-0.2, -0.15) is 18.4 Å². The van der Waals surface area contributed by atoms with Crippen molar-refractivity contribution in [3.05, 3.63) is 28.6 Å². The first-order valence-electron chi connectivity index (χ1n) is 4.06. The topological polar surface area (TPSA) is 53.8 Å². The Morgan fingerprint density at radius 1 is 1.41 bits per heavy atom. The molecule has 17 heavy (non-hydrogen) atoms. The van der Waals surface area contributed by atoms with Crippen LogP contribution in [0.25, 0.3) is 0 Å². The first-order chi connectivity index (χ1) is 7.81. The van der Waals surface area contributed by atoms with Gasteiger partial charge in [-0.25, -0.2) is 13.8 Å². The molecular weight excluding hydrogens is 247 g/mol. The molecule has 0 aliphatic carbocycles. The highest BCUT2D eigenvalue weighted by molar-refractivity contribution is 5.79. The van der Waals surface area contributed by atoms with Crippen LogP contribution >= 0.6 is 0 Å². The summed E-state index contributed by atoms with van der Waals surface area (Å²) in [5.74, 6) is 0. The lowest BCUT2D eigenvalue weighted by Crippen LogP contribution is -2.15. The van der Waals surface area contributed by atoms with Crippen LogP contribution in [0.3, 0.4) is 0 Å². The molecule has 0 spiro atoms. The van der Waals surface area contributed by atoms with Crippen LogP contribution in [0.4, 0.5) is 22.0 Å². The molecule has 3 nitrogen and oxygen atoms in total. The van der Waals surface area contributed by atoms with Crippen LogP contribution in [-0.4, -0.2) is 11.3 Å². The van der Waals surface area contributed by atoms with E-state index in [1.54, 1.807) is 0 Å². The van der Waals surface area contributed by atoms with Crippen LogP contribution in [-0.2, 0) is 6.18 Å². The van der Waals surface area contributed by atoms with Crippen LogP contribution in [0, 0.1) is 11.3 Å². The summed E-state index contributed by atoms with van der Waals surface area (Å²) in [6.45, 7) is 0. The maximum atomic E-state index is 12.4. The second-order valence-corrected chi connectivity index (χ2v) is 2.89.